The molecule has 6 heteroatoms. The summed E-state index contributed by atoms with van der Waals surface area (Å²) in [5, 5.41) is 0.775. The number of hydrogen-bond donors (Lipinski definition) is 0. The summed E-state index contributed by atoms with van der Waals surface area (Å²) in [5.41, 5.74) is 2.25. The molecule has 1 atom stereocenters. The van der Waals surface area contributed by atoms with Gasteiger partial charge in [0.1, 0.15) is 0 Å². The van der Waals surface area contributed by atoms with Gasteiger partial charge in [-0.15, -0.1) is 11.8 Å². The van der Waals surface area contributed by atoms with Gasteiger partial charge in [0.2, 0.25) is 5.91 Å². The third-order valence-corrected chi connectivity index (χ3v) is 6.94. The molecule has 0 aliphatic carbocycles. The van der Waals surface area contributed by atoms with Crippen molar-refractivity contribution in [2.24, 2.45) is 0 Å². The van der Waals surface area contributed by atoms with E-state index in [0.717, 1.165) is 46.1 Å². The Morgan fingerprint density at radius 2 is 2.14 bits per heavy atom. The number of thioether (sulfide) groups is 1. The van der Waals surface area contributed by atoms with Crippen molar-refractivity contribution >= 4 is 44.4 Å². The van der Waals surface area contributed by atoms with E-state index in [1.807, 2.05) is 35.2 Å². The Labute approximate surface area is 173 Å². The third-order valence-electron chi connectivity index (χ3n) is 4.90. The number of nitrogens with zero attached hydrogens (tertiary/aromatic N) is 2. The minimum absolute atomic E-state index is 0.0825. The van der Waals surface area contributed by atoms with Crippen LogP contribution >= 0.6 is 23.1 Å². The number of aryl methyl sites for hydroxylation is 1. The van der Waals surface area contributed by atoms with Gasteiger partial charge in [-0.3, -0.25) is 9.69 Å². The van der Waals surface area contributed by atoms with Crippen LogP contribution in [-0.4, -0.2) is 35.9 Å². The quantitative estimate of drug-likeness (QED) is 0.503. The molecular formula is C22H24N2O2S2. The number of carbonyl (C=O) groups excluding carboxylic acids is 1. The standard InChI is InChI=1S/C22H24N2O2S2/c1-2-16-10-11-19-20(13-16)28-22(23-19)24(14-17-7-6-12-26-17)21(25)15-27-18-8-4-3-5-9-18/h3-5,8-11,13,17H,2,6-7,12,14-15H2,1H3. The molecule has 1 unspecified atom stereocenters. The molecule has 4 rings (SSSR count). The van der Waals surface area contributed by atoms with E-state index < -0.39 is 0 Å². The van der Waals surface area contributed by atoms with Gasteiger partial charge >= 0.3 is 0 Å². The largest absolute Gasteiger partial charge is 0.376 e. The average Bonchev–Trinajstić information content (AvgIpc) is 3.39. The van der Waals surface area contributed by atoms with Crippen molar-refractivity contribution in [2.45, 2.75) is 37.2 Å². The molecule has 0 radical (unpaired) electrons. The SMILES string of the molecule is CCc1ccc2nc(N(CC3CCCO3)C(=O)CSc3ccccc3)sc2c1. The summed E-state index contributed by atoms with van der Waals surface area (Å²) in [6.07, 6.45) is 3.16. The molecule has 0 spiro atoms. The minimum atomic E-state index is 0.0825. The molecular weight excluding hydrogens is 388 g/mol. The van der Waals surface area contributed by atoms with Crippen molar-refractivity contribution in [3.63, 3.8) is 0 Å². The second-order valence-electron chi connectivity index (χ2n) is 6.89. The van der Waals surface area contributed by atoms with Crippen molar-refractivity contribution < 1.29 is 9.53 Å². The molecule has 146 valence electrons. The predicted molar refractivity (Wildman–Crippen MR) is 117 cm³/mol. The average molecular weight is 413 g/mol. The maximum Gasteiger partial charge on any atom is 0.239 e. The van der Waals surface area contributed by atoms with Crippen molar-refractivity contribution in [2.75, 3.05) is 23.8 Å². The summed E-state index contributed by atoms with van der Waals surface area (Å²) in [6, 6.07) is 16.4. The first-order valence-electron chi connectivity index (χ1n) is 9.72. The second kappa shape index (κ2) is 9.07. The first kappa shape index (κ1) is 19.4. The lowest BCUT2D eigenvalue weighted by molar-refractivity contribution is -0.116. The van der Waals surface area contributed by atoms with Gasteiger partial charge in [0, 0.05) is 11.5 Å². The fraction of sp³-hybridized carbons (Fsp3) is 0.364. The normalized spacial score (nSPS) is 16.5. The number of hydrogen-bond acceptors (Lipinski definition) is 5. The van der Waals surface area contributed by atoms with Gasteiger partial charge in [0.15, 0.2) is 5.13 Å². The molecule has 2 aromatic carbocycles. The molecule has 1 amide bonds. The van der Waals surface area contributed by atoms with Crippen molar-refractivity contribution in [3.05, 3.63) is 54.1 Å². The van der Waals surface area contributed by atoms with E-state index in [-0.39, 0.29) is 12.0 Å². The van der Waals surface area contributed by atoms with Gasteiger partial charge in [0.25, 0.3) is 0 Å². The number of amides is 1. The molecule has 2 heterocycles. The van der Waals surface area contributed by atoms with E-state index in [2.05, 4.69) is 25.1 Å². The van der Waals surface area contributed by atoms with Crippen molar-refractivity contribution in [1.29, 1.82) is 0 Å². The first-order chi connectivity index (χ1) is 13.7. The van der Waals surface area contributed by atoms with Crippen LogP contribution in [-0.2, 0) is 16.0 Å². The highest BCUT2D eigenvalue weighted by atomic mass is 32.2. The van der Waals surface area contributed by atoms with E-state index in [9.17, 15) is 4.79 Å². The molecule has 1 aromatic heterocycles. The predicted octanol–water partition coefficient (Wildman–Crippen LogP) is 5.16. The first-order valence-corrected chi connectivity index (χ1v) is 11.5. The summed E-state index contributed by atoms with van der Waals surface area (Å²) >= 11 is 3.16. The van der Waals surface area contributed by atoms with Crippen LogP contribution in [0.3, 0.4) is 0 Å². The summed E-state index contributed by atoms with van der Waals surface area (Å²) in [6.45, 7) is 3.51. The lowest BCUT2D eigenvalue weighted by Crippen LogP contribution is -2.38. The zero-order valence-electron chi connectivity index (χ0n) is 16.0. The smallest absolute Gasteiger partial charge is 0.239 e. The molecule has 28 heavy (non-hydrogen) atoms. The highest BCUT2D eigenvalue weighted by Crippen LogP contribution is 2.31. The molecule has 4 nitrogen and oxygen atoms in total. The van der Waals surface area contributed by atoms with Crippen LogP contribution < -0.4 is 4.90 Å². The van der Waals surface area contributed by atoms with Gasteiger partial charge in [-0.2, -0.15) is 0 Å². The number of thiazole rings is 1. The Hall–Kier alpha value is -1.89. The molecule has 1 aliphatic rings. The van der Waals surface area contributed by atoms with Gasteiger partial charge in [-0.05, 0) is 49.1 Å². The Kier molecular flexibility index (Phi) is 6.29. The topological polar surface area (TPSA) is 42.4 Å². The number of rotatable bonds is 7. The highest BCUT2D eigenvalue weighted by molar-refractivity contribution is 8.00. The van der Waals surface area contributed by atoms with Crippen molar-refractivity contribution in [3.8, 4) is 0 Å². The zero-order chi connectivity index (χ0) is 19.3. The summed E-state index contributed by atoms with van der Waals surface area (Å²) in [5.74, 6) is 0.478. The second-order valence-corrected chi connectivity index (χ2v) is 8.95. The lowest BCUT2D eigenvalue weighted by atomic mass is 10.2. The van der Waals surface area contributed by atoms with E-state index in [4.69, 9.17) is 9.72 Å². The fourth-order valence-electron chi connectivity index (χ4n) is 3.31. The number of carbonyl (C=O) groups is 1. The molecule has 1 fully saturated rings. The number of benzene rings is 2. The Bertz CT molecular complexity index is 936. The Morgan fingerprint density at radius 1 is 1.29 bits per heavy atom. The van der Waals surface area contributed by atoms with Crippen LogP contribution in [0.15, 0.2) is 53.4 Å². The molecule has 0 N–H and O–H groups in total. The third kappa shape index (κ3) is 4.57. The fourth-order valence-corrected chi connectivity index (χ4v) is 5.16. The van der Waals surface area contributed by atoms with E-state index >= 15 is 0 Å². The summed E-state index contributed by atoms with van der Waals surface area (Å²) in [4.78, 5) is 20.8. The van der Waals surface area contributed by atoms with Gasteiger partial charge in [-0.1, -0.05) is 42.5 Å². The number of fused-ring (bicyclic) bond motifs is 1. The zero-order valence-corrected chi connectivity index (χ0v) is 17.6. The summed E-state index contributed by atoms with van der Waals surface area (Å²) in [7, 11) is 0. The lowest BCUT2D eigenvalue weighted by Gasteiger charge is -2.23. The molecule has 0 bridgehead atoms. The number of ether oxygens (including phenoxy) is 1. The van der Waals surface area contributed by atoms with Crippen LogP contribution in [0.25, 0.3) is 10.2 Å². The Morgan fingerprint density at radius 3 is 2.89 bits per heavy atom. The van der Waals surface area contributed by atoms with Gasteiger partial charge < -0.3 is 4.74 Å². The number of aromatic nitrogens is 1. The number of anilines is 1. The maximum atomic E-state index is 13.1. The maximum absolute atomic E-state index is 13.1. The molecule has 3 aromatic rings. The van der Waals surface area contributed by atoms with Gasteiger partial charge in [0.05, 0.1) is 28.6 Å². The molecule has 0 saturated carbocycles. The van der Waals surface area contributed by atoms with Crippen LogP contribution in [0, 0.1) is 0 Å². The monoisotopic (exact) mass is 412 g/mol. The van der Waals surface area contributed by atoms with Crippen LogP contribution in [0.1, 0.15) is 25.3 Å². The highest BCUT2D eigenvalue weighted by Gasteiger charge is 2.26. The van der Waals surface area contributed by atoms with E-state index in [1.165, 1.54) is 5.56 Å². The molecule has 1 saturated heterocycles. The van der Waals surface area contributed by atoms with E-state index in [0.29, 0.717) is 12.3 Å². The van der Waals surface area contributed by atoms with E-state index in [1.54, 1.807) is 23.1 Å². The van der Waals surface area contributed by atoms with Crippen LogP contribution in [0.2, 0.25) is 0 Å². The minimum Gasteiger partial charge on any atom is -0.376 e. The molecule has 1 aliphatic heterocycles. The van der Waals surface area contributed by atoms with Crippen LogP contribution in [0.4, 0.5) is 5.13 Å². The summed E-state index contributed by atoms with van der Waals surface area (Å²) < 4.78 is 6.94. The van der Waals surface area contributed by atoms with Crippen LogP contribution in [0.5, 0.6) is 0 Å². The van der Waals surface area contributed by atoms with Gasteiger partial charge in [-0.25, -0.2) is 4.98 Å². The van der Waals surface area contributed by atoms with Crippen molar-refractivity contribution in [1.82, 2.24) is 4.98 Å². The Balaban J connectivity index is 1.56.